The number of fused-ring (bicyclic) bond motifs is 5. The lowest BCUT2D eigenvalue weighted by Crippen LogP contribution is -2.66. The number of carbonyl (C=O) groups excluding carboxylic acids is 1. The van der Waals surface area contributed by atoms with Crippen molar-refractivity contribution < 1.29 is 24.9 Å². The number of rotatable bonds is 4. The van der Waals surface area contributed by atoms with E-state index in [1.807, 2.05) is 0 Å². The smallest absolute Gasteiger partial charge is 0.305 e. The van der Waals surface area contributed by atoms with Crippen molar-refractivity contribution in [1.29, 1.82) is 0 Å². The van der Waals surface area contributed by atoms with Gasteiger partial charge in [0, 0.05) is 12.3 Å². The summed E-state index contributed by atoms with van der Waals surface area (Å²) in [4.78, 5) is 11.7. The SMILES string of the molecule is COC(=O)CC[C@@H](C)[C@H]1CC[C@@]2(O)[C@@H]3[C@H](O)C[C@@H]4C[C@H](O)CC[C@]4(C)[C@H]3CC[C@]12C. The monoisotopic (exact) mass is 422 g/mol. The molecule has 5 nitrogen and oxygen atoms in total. The Morgan fingerprint density at radius 2 is 1.83 bits per heavy atom. The van der Waals surface area contributed by atoms with Crippen LogP contribution in [-0.2, 0) is 9.53 Å². The van der Waals surface area contributed by atoms with Gasteiger partial charge >= 0.3 is 5.97 Å². The molecule has 4 aliphatic rings. The summed E-state index contributed by atoms with van der Waals surface area (Å²) in [7, 11) is 1.44. The normalized spacial score (nSPS) is 51.4. The molecule has 0 aliphatic heterocycles. The van der Waals surface area contributed by atoms with Gasteiger partial charge in [-0.1, -0.05) is 20.8 Å². The number of methoxy groups -OCH3 is 1. The van der Waals surface area contributed by atoms with Crippen molar-refractivity contribution in [2.24, 2.45) is 40.4 Å². The third-order valence-corrected chi connectivity index (χ3v) is 10.6. The quantitative estimate of drug-likeness (QED) is 0.602. The molecule has 0 heterocycles. The molecule has 30 heavy (non-hydrogen) atoms. The number of esters is 1. The molecule has 4 rings (SSSR count). The molecule has 4 fully saturated rings. The van der Waals surface area contributed by atoms with Gasteiger partial charge in [0.2, 0.25) is 0 Å². The second-order valence-corrected chi connectivity index (χ2v) is 11.7. The number of aliphatic hydroxyl groups excluding tert-OH is 2. The highest BCUT2D eigenvalue weighted by molar-refractivity contribution is 5.69. The van der Waals surface area contributed by atoms with Gasteiger partial charge in [-0.2, -0.15) is 0 Å². The van der Waals surface area contributed by atoms with E-state index >= 15 is 0 Å². The highest BCUT2D eigenvalue weighted by atomic mass is 16.5. The van der Waals surface area contributed by atoms with Crippen molar-refractivity contribution in [2.45, 2.75) is 103 Å². The zero-order chi connectivity index (χ0) is 21.9. The Balaban J connectivity index is 1.59. The molecule has 0 unspecified atom stereocenters. The fraction of sp³-hybridized carbons (Fsp3) is 0.960. The Kier molecular flexibility index (Phi) is 5.81. The summed E-state index contributed by atoms with van der Waals surface area (Å²) in [5, 5.41) is 33.8. The minimum absolute atomic E-state index is 0.0782. The number of carbonyl (C=O) groups is 1. The van der Waals surface area contributed by atoms with E-state index in [9.17, 15) is 20.1 Å². The van der Waals surface area contributed by atoms with Gasteiger partial charge in [0.1, 0.15) is 0 Å². The van der Waals surface area contributed by atoms with Gasteiger partial charge in [-0.15, -0.1) is 0 Å². The highest BCUT2D eigenvalue weighted by Gasteiger charge is 2.69. The number of aliphatic hydroxyl groups is 3. The summed E-state index contributed by atoms with van der Waals surface area (Å²) in [5.41, 5.74) is -0.958. The molecule has 0 spiro atoms. The molecular weight excluding hydrogens is 380 g/mol. The van der Waals surface area contributed by atoms with Crippen LogP contribution >= 0.6 is 0 Å². The van der Waals surface area contributed by atoms with E-state index in [2.05, 4.69) is 20.8 Å². The van der Waals surface area contributed by atoms with E-state index < -0.39 is 11.7 Å². The van der Waals surface area contributed by atoms with Crippen LogP contribution in [0, 0.1) is 40.4 Å². The van der Waals surface area contributed by atoms with Crippen LogP contribution in [0.3, 0.4) is 0 Å². The number of hydrogen-bond donors (Lipinski definition) is 3. The first kappa shape index (κ1) is 22.5. The summed E-state index contributed by atoms with van der Waals surface area (Å²) in [6.45, 7) is 6.83. The van der Waals surface area contributed by atoms with Crippen LogP contribution in [0.1, 0.15) is 85.0 Å². The largest absolute Gasteiger partial charge is 0.469 e. The number of hydrogen-bond acceptors (Lipinski definition) is 5. The zero-order valence-corrected chi connectivity index (χ0v) is 19.3. The van der Waals surface area contributed by atoms with Crippen molar-refractivity contribution in [3.63, 3.8) is 0 Å². The summed E-state index contributed by atoms with van der Waals surface area (Å²) < 4.78 is 4.83. The van der Waals surface area contributed by atoms with Crippen molar-refractivity contribution in [2.75, 3.05) is 7.11 Å². The first-order valence-corrected chi connectivity index (χ1v) is 12.2. The Hall–Kier alpha value is -0.650. The van der Waals surface area contributed by atoms with Crippen molar-refractivity contribution in [3.05, 3.63) is 0 Å². The maximum absolute atomic E-state index is 12.2. The van der Waals surface area contributed by atoms with E-state index in [0.29, 0.717) is 36.5 Å². The van der Waals surface area contributed by atoms with Gasteiger partial charge in [-0.3, -0.25) is 4.79 Å². The summed E-state index contributed by atoms with van der Waals surface area (Å²) in [5.74, 6) is 1.13. The average Bonchev–Trinajstić information content (AvgIpc) is 2.98. The molecule has 4 saturated carbocycles. The second kappa shape index (κ2) is 7.74. The molecule has 5 heteroatoms. The molecule has 0 aromatic heterocycles. The fourth-order valence-electron chi connectivity index (χ4n) is 8.79. The Labute approximate surface area is 181 Å². The predicted octanol–water partition coefficient (Wildman–Crippen LogP) is 3.68. The molecule has 0 aromatic carbocycles. The van der Waals surface area contributed by atoms with Crippen LogP contribution in [0.2, 0.25) is 0 Å². The second-order valence-electron chi connectivity index (χ2n) is 11.7. The summed E-state index contributed by atoms with van der Waals surface area (Å²) in [6, 6.07) is 0. The summed E-state index contributed by atoms with van der Waals surface area (Å²) >= 11 is 0. The molecule has 0 saturated heterocycles. The van der Waals surface area contributed by atoms with E-state index in [-0.39, 0.29) is 28.8 Å². The van der Waals surface area contributed by atoms with Crippen molar-refractivity contribution in [3.8, 4) is 0 Å². The van der Waals surface area contributed by atoms with Gasteiger partial charge in [-0.05, 0) is 92.3 Å². The zero-order valence-electron chi connectivity index (χ0n) is 19.3. The Morgan fingerprint density at radius 3 is 2.53 bits per heavy atom. The standard InChI is InChI=1S/C25H42O5/c1-15(5-6-21(28)30-4)18-9-12-25(29)22-19(8-11-24(18,25)3)23(2)10-7-17(26)13-16(23)14-20(22)27/h15-20,22,26-27,29H,5-14H2,1-4H3/t15-,16+,17-,18-,19+,20-,22+,23+,24-,25-/m1/s1. The molecule has 3 N–H and O–H groups in total. The lowest BCUT2D eigenvalue weighted by Gasteiger charge is -2.65. The Morgan fingerprint density at radius 1 is 1.10 bits per heavy atom. The van der Waals surface area contributed by atoms with Gasteiger partial charge in [0.25, 0.3) is 0 Å². The van der Waals surface area contributed by atoms with Gasteiger partial charge in [-0.25, -0.2) is 0 Å². The van der Waals surface area contributed by atoms with Crippen LogP contribution in [0.25, 0.3) is 0 Å². The van der Waals surface area contributed by atoms with Crippen LogP contribution < -0.4 is 0 Å². The molecule has 0 bridgehead atoms. The topological polar surface area (TPSA) is 87.0 Å². The fourth-order valence-corrected chi connectivity index (χ4v) is 8.79. The van der Waals surface area contributed by atoms with E-state index in [0.717, 1.165) is 51.4 Å². The van der Waals surface area contributed by atoms with Gasteiger partial charge < -0.3 is 20.1 Å². The van der Waals surface area contributed by atoms with Crippen molar-refractivity contribution >= 4 is 5.97 Å². The lowest BCUT2D eigenvalue weighted by atomic mass is 9.42. The molecular formula is C25H42O5. The van der Waals surface area contributed by atoms with Crippen LogP contribution in [0.5, 0.6) is 0 Å². The minimum atomic E-state index is -0.844. The molecule has 0 radical (unpaired) electrons. The van der Waals surface area contributed by atoms with Crippen LogP contribution in [0.4, 0.5) is 0 Å². The lowest BCUT2D eigenvalue weighted by molar-refractivity contribution is -0.244. The maximum Gasteiger partial charge on any atom is 0.305 e. The Bertz CT molecular complexity index is 666. The van der Waals surface area contributed by atoms with Crippen LogP contribution in [-0.4, -0.2) is 46.2 Å². The summed E-state index contributed by atoms with van der Waals surface area (Å²) in [6.07, 6.45) is 7.56. The van der Waals surface area contributed by atoms with Crippen LogP contribution in [0.15, 0.2) is 0 Å². The third kappa shape index (κ3) is 3.17. The molecule has 10 atom stereocenters. The first-order valence-electron chi connectivity index (χ1n) is 12.2. The maximum atomic E-state index is 12.2. The van der Waals surface area contributed by atoms with E-state index in [1.165, 1.54) is 7.11 Å². The molecule has 4 aliphatic carbocycles. The highest BCUT2D eigenvalue weighted by Crippen LogP contribution is 2.69. The minimum Gasteiger partial charge on any atom is -0.469 e. The van der Waals surface area contributed by atoms with Gasteiger partial charge in [0.05, 0.1) is 24.9 Å². The molecule has 0 amide bonds. The average molecular weight is 423 g/mol. The molecule has 0 aromatic rings. The van der Waals surface area contributed by atoms with E-state index in [1.54, 1.807) is 0 Å². The third-order valence-electron chi connectivity index (χ3n) is 10.6. The van der Waals surface area contributed by atoms with E-state index in [4.69, 9.17) is 4.74 Å². The van der Waals surface area contributed by atoms with Gasteiger partial charge in [0.15, 0.2) is 0 Å². The molecule has 172 valence electrons. The van der Waals surface area contributed by atoms with Crippen molar-refractivity contribution in [1.82, 2.24) is 0 Å². The number of ether oxygens (including phenoxy) is 1. The predicted molar refractivity (Wildman–Crippen MR) is 114 cm³/mol. The first-order chi connectivity index (χ1) is 14.1.